The third-order valence-corrected chi connectivity index (χ3v) is 5.51. The average Bonchev–Trinajstić information content (AvgIpc) is 2.77. The van der Waals surface area contributed by atoms with Gasteiger partial charge in [-0.05, 0) is 56.3 Å². The lowest BCUT2D eigenvalue weighted by Crippen LogP contribution is -2.21. The number of pyridine rings is 1. The Bertz CT molecular complexity index is 644. The highest BCUT2D eigenvalue weighted by molar-refractivity contribution is 7.99. The Kier molecular flexibility index (Phi) is 3.67. The van der Waals surface area contributed by atoms with Crippen molar-refractivity contribution in [1.82, 2.24) is 14.5 Å². The molecule has 2 heterocycles. The second-order valence-corrected chi connectivity index (χ2v) is 6.83. The molecule has 3 nitrogen and oxygen atoms in total. The van der Waals surface area contributed by atoms with Crippen LogP contribution in [-0.2, 0) is 0 Å². The summed E-state index contributed by atoms with van der Waals surface area (Å²) in [7, 11) is 0. The number of rotatable bonds is 2. The maximum absolute atomic E-state index is 5.53. The van der Waals surface area contributed by atoms with Crippen LogP contribution < -0.4 is 0 Å². The van der Waals surface area contributed by atoms with Gasteiger partial charge in [-0.3, -0.25) is 4.57 Å². The number of hydrogen-bond donors (Lipinski definition) is 1. The molecule has 0 aromatic carbocycles. The Morgan fingerprint density at radius 1 is 1.47 bits per heavy atom. The molecule has 19 heavy (non-hydrogen) atoms. The highest BCUT2D eigenvalue weighted by Gasteiger charge is 2.25. The van der Waals surface area contributed by atoms with E-state index in [4.69, 9.17) is 12.2 Å². The Morgan fingerprint density at radius 3 is 3.11 bits per heavy atom. The first-order valence-corrected chi connectivity index (χ1v) is 8.49. The number of hydrogen-bond acceptors (Lipinski definition) is 3. The molecule has 0 aliphatic heterocycles. The molecule has 3 rings (SSSR count). The summed E-state index contributed by atoms with van der Waals surface area (Å²) in [6.45, 7) is 2.10. The fraction of sp³-hybridized carbons (Fsp3) is 0.571. The van der Waals surface area contributed by atoms with Gasteiger partial charge in [-0.1, -0.05) is 6.42 Å². The molecule has 2 atom stereocenters. The van der Waals surface area contributed by atoms with Crippen molar-refractivity contribution in [3.8, 4) is 0 Å². The van der Waals surface area contributed by atoms with Gasteiger partial charge < -0.3 is 4.98 Å². The highest BCUT2D eigenvalue weighted by atomic mass is 32.2. The molecule has 2 aromatic rings. The van der Waals surface area contributed by atoms with E-state index in [1.807, 2.05) is 24.0 Å². The number of fused-ring (bicyclic) bond motifs is 1. The summed E-state index contributed by atoms with van der Waals surface area (Å²) in [6.07, 6.45) is 9.14. The van der Waals surface area contributed by atoms with Gasteiger partial charge in [0, 0.05) is 17.5 Å². The van der Waals surface area contributed by atoms with Gasteiger partial charge in [0.1, 0.15) is 0 Å². The van der Waals surface area contributed by atoms with E-state index in [0.717, 1.165) is 21.2 Å². The molecule has 5 heteroatoms. The van der Waals surface area contributed by atoms with Gasteiger partial charge in [0.25, 0.3) is 0 Å². The highest BCUT2D eigenvalue weighted by Crippen LogP contribution is 2.35. The SMILES string of the molecule is CSC1CCCC(n2c(=S)[nH]c3c(C)ccnc32)C1. The van der Waals surface area contributed by atoms with Crippen molar-refractivity contribution in [1.29, 1.82) is 0 Å². The van der Waals surface area contributed by atoms with E-state index in [0.29, 0.717) is 6.04 Å². The van der Waals surface area contributed by atoms with Gasteiger partial charge in [-0.15, -0.1) is 0 Å². The first kappa shape index (κ1) is 13.2. The zero-order valence-electron chi connectivity index (χ0n) is 11.3. The molecular weight excluding hydrogens is 274 g/mol. The number of aromatic nitrogens is 3. The quantitative estimate of drug-likeness (QED) is 0.840. The Balaban J connectivity index is 2.07. The largest absolute Gasteiger partial charge is 0.329 e. The number of thioether (sulfide) groups is 1. The van der Waals surface area contributed by atoms with Crippen molar-refractivity contribution < 1.29 is 0 Å². The minimum absolute atomic E-state index is 0.502. The molecule has 1 aliphatic carbocycles. The molecule has 0 amide bonds. The zero-order valence-corrected chi connectivity index (χ0v) is 13.0. The van der Waals surface area contributed by atoms with Crippen LogP contribution in [0.4, 0.5) is 0 Å². The predicted octanol–water partition coefficient (Wildman–Crippen LogP) is 4.25. The van der Waals surface area contributed by atoms with Crippen LogP contribution in [-0.4, -0.2) is 26.0 Å². The molecule has 1 N–H and O–H groups in total. The van der Waals surface area contributed by atoms with Crippen molar-refractivity contribution >= 4 is 35.1 Å². The van der Waals surface area contributed by atoms with Crippen LogP contribution >= 0.6 is 24.0 Å². The first-order chi connectivity index (χ1) is 9.20. The average molecular weight is 293 g/mol. The van der Waals surface area contributed by atoms with Crippen LogP contribution in [0.2, 0.25) is 0 Å². The van der Waals surface area contributed by atoms with Crippen molar-refractivity contribution in [3.05, 3.63) is 22.6 Å². The van der Waals surface area contributed by atoms with Gasteiger partial charge in [0.05, 0.1) is 5.52 Å². The van der Waals surface area contributed by atoms with E-state index in [1.54, 1.807) is 0 Å². The van der Waals surface area contributed by atoms with E-state index in [2.05, 4.69) is 27.7 Å². The summed E-state index contributed by atoms with van der Waals surface area (Å²) >= 11 is 7.51. The zero-order chi connectivity index (χ0) is 13.4. The summed E-state index contributed by atoms with van der Waals surface area (Å²) in [5.41, 5.74) is 3.34. The Hall–Kier alpha value is -0.810. The fourth-order valence-electron chi connectivity index (χ4n) is 3.05. The lowest BCUT2D eigenvalue weighted by Gasteiger charge is -2.29. The molecule has 2 unspecified atom stereocenters. The monoisotopic (exact) mass is 293 g/mol. The van der Waals surface area contributed by atoms with E-state index in [1.165, 1.54) is 31.2 Å². The molecule has 1 saturated carbocycles. The van der Waals surface area contributed by atoms with Crippen LogP contribution in [0.3, 0.4) is 0 Å². The lowest BCUT2D eigenvalue weighted by atomic mass is 9.95. The molecule has 1 aliphatic rings. The molecule has 2 aromatic heterocycles. The Morgan fingerprint density at radius 2 is 2.32 bits per heavy atom. The van der Waals surface area contributed by atoms with Crippen molar-refractivity contribution in [3.63, 3.8) is 0 Å². The first-order valence-electron chi connectivity index (χ1n) is 6.79. The number of nitrogens with zero attached hydrogens (tertiary/aromatic N) is 2. The van der Waals surface area contributed by atoms with Crippen LogP contribution in [0.25, 0.3) is 11.2 Å². The van der Waals surface area contributed by atoms with Crippen LogP contribution in [0.1, 0.15) is 37.3 Å². The molecule has 0 radical (unpaired) electrons. The Labute approximate surface area is 122 Å². The minimum atomic E-state index is 0.502. The molecule has 0 saturated heterocycles. The number of aryl methyl sites for hydroxylation is 1. The number of H-pyrrole nitrogens is 1. The minimum Gasteiger partial charge on any atom is -0.329 e. The van der Waals surface area contributed by atoms with Crippen molar-refractivity contribution in [2.24, 2.45) is 0 Å². The molecule has 102 valence electrons. The standard InChI is InChI=1S/C14H19N3S2/c1-9-6-7-15-13-12(9)16-14(18)17(13)10-4-3-5-11(8-10)19-2/h6-7,10-11H,3-5,8H2,1-2H3,(H,16,18). The summed E-state index contributed by atoms with van der Waals surface area (Å²) < 4.78 is 3.07. The van der Waals surface area contributed by atoms with Gasteiger partial charge in [-0.25, -0.2) is 4.98 Å². The fourth-order valence-corrected chi connectivity index (χ4v) is 4.21. The summed E-state index contributed by atoms with van der Waals surface area (Å²) in [4.78, 5) is 7.88. The maximum atomic E-state index is 5.53. The lowest BCUT2D eigenvalue weighted by molar-refractivity contribution is 0.364. The van der Waals surface area contributed by atoms with Crippen molar-refractivity contribution in [2.75, 3.05) is 6.26 Å². The molecule has 0 bridgehead atoms. The van der Waals surface area contributed by atoms with E-state index < -0.39 is 0 Å². The maximum Gasteiger partial charge on any atom is 0.179 e. The topological polar surface area (TPSA) is 33.6 Å². The summed E-state index contributed by atoms with van der Waals surface area (Å²) in [5, 5.41) is 0.760. The van der Waals surface area contributed by atoms with Gasteiger partial charge in [0.15, 0.2) is 10.4 Å². The normalized spacial score (nSPS) is 23.9. The number of aromatic amines is 1. The molecule has 0 spiro atoms. The second kappa shape index (κ2) is 5.29. The van der Waals surface area contributed by atoms with Crippen molar-refractivity contribution in [2.45, 2.75) is 43.9 Å². The van der Waals surface area contributed by atoms with Crippen LogP contribution in [0.5, 0.6) is 0 Å². The van der Waals surface area contributed by atoms with Crippen LogP contribution in [0, 0.1) is 11.7 Å². The van der Waals surface area contributed by atoms with Gasteiger partial charge >= 0.3 is 0 Å². The predicted molar refractivity (Wildman–Crippen MR) is 84.5 cm³/mol. The summed E-state index contributed by atoms with van der Waals surface area (Å²) in [5.74, 6) is 0. The van der Waals surface area contributed by atoms with Gasteiger partial charge in [0.2, 0.25) is 0 Å². The number of nitrogens with one attached hydrogen (secondary N) is 1. The summed E-state index contributed by atoms with van der Waals surface area (Å²) in [6, 6.07) is 2.53. The third-order valence-electron chi connectivity index (χ3n) is 4.12. The number of imidazole rings is 1. The molecule has 1 fully saturated rings. The molecular formula is C14H19N3S2. The third kappa shape index (κ3) is 2.34. The van der Waals surface area contributed by atoms with E-state index in [9.17, 15) is 0 Å². The van der Waals surface area contributed by atoms with Crippen LogP contribution in [0.15, 0.2) is 12.3 Å². The second-order valence-electron chi connectivity index (χ2n) is 5.30. The van der Waals surface area contributed by atoms with Gasteiger partial charge in [-0.2, -0.15) is 11.8 Å². The van der Waals surface area contributed by atoms with E-state index >= 15 is 0 Å². The van der Waals surface area contributed by atoms with E-state index in [-0.39, 0.29) is 0 Å². The smallest absolute Gasteiger partial charge is 0.179 e.